The predicted octanol–water partition coefficient (Wildman–Crippen LogP) is 2.14. The van der Waals surface area contributed by atoms with E-state index in [0.29, 0.717) is 19.5 Å². The number of hydrogen-bond donors (Lipinski definition) is 3. The van der Waals surface area contributed by atoms with E-state index in [-0.39, 0.29) is 12.1 Å². The molecule has 1 atom stereocenters. The summed E-state index contributed by atoms with van der Waals surface area (Å²) in [6.07, 6.45) is 4.95. The standard InChI is InChI=1S/C20H22F2N6O/c1-2-12-8-24-17-16(12)18(27-11-26-17)28-4-3-20(23,10-28)9-25-19(29)13-5-14(21)7-15(22)6-13/h5-8,11H,2-4,9-10,23H2,1H3,(H,25,29)(H,24,26,27)/t20-/m0/s1. The highest BCUT2D eigenvalue weighted by Gasteiger charge is 2.36. The van der Waals surface area contributed by atoms with E-state index in [1.807, 2.05) is 6.20 Å². The number of H-pyrrole nitrogens is 1. The van der Waals surface area contributed by atoms with Crippen LogP contribution in [0.1, 0.15) is 29.3 Å². The molecule has 7 nitrogen and oxygen atoms in total. The minimum atomic E-state index is -0.796. The monoisotopic (exact) mass is 400 g/mol. The molecule has 1 aromatic carbocycles. The predicted molar refractivity (Wildman–Crippen MR) is 106 cm³/mol. The van der Waals surface area contributed by atoms with E-state index in [1.165, 1.54) is 6.33 Å². The van der Waals surface area contributed by atoms with Gasteiger partial charge in [0, 0.05) is 37.5 Å². The van der Waals surface area contributed by atoms with Crippen LogP contribution in [0.25, 0.3) is 11.0 Å². The van der Waals surface area contributed by atoms with Gasteiger partial charge in [-0.2, -0.15) is 0 Å². The Labute approximate surface area is 166 Å². The summed E-state index contributed by atoms with van der Waals surface area (Å²) in [5.41, 5.74) is 7.67. The molecule has 29 heavy (non-hydrogen) atoms. The Hall–Kier alpha value is -3.07. The van der Waals surface area contributed by atoms with E-state index >= 15 is 0 Å². The molecule has 1 fully saturated rings. The van der Waals surface area contributed by atoms with E-state index in [1.54, 1.807) is 0 Å². The maximum Gasteiger partial charge on any atom is 0.251 e. The second-order valence-electron chi connectivity index (χ2n) is 7.46. The molecule has 1 aliphatic heterocycles. The lowest BCUT2D eigenvalue weighted by Crippen LogP contribution is -2.52. The Morgan fingerprint density at radius 3 is 2.79 bits per heavy atom. The summed E-state index contributed by atoms with van der Waals surface area (Å²) >= 11 is 0. The number of nitrogens with two attached hydrogens (primary N) is 1. The van der Waals surface area contributed by atoms with Crippen molar-refractivity contribution in [1.29, 1.82) is 0 Å². The fraction of sp³-hybridized carbons (Fsp3) is 0.350. The highest BCUT2D eigenvalue weighted by molar-refractivity contribution is 5.94. The Bertz CT molecular complexity index is 1050. The fourth-order valence-corrected chi connectivity index (χ4v) is 3.79. The third kappa shape index (κ3) is 3.77. The number of hydrogen-bond acceptors (Lipinski definition) is 5. The number of carbonyl (C=O) groups is 1. The van der Waals surface area contributed by atoms with Gasteiger partial charge in [-0.15, -0.1) is 0 Å². The molecule has 2 aromatic heterocycles. The summed E-state index contributed by atoms with van der Waals surface area (Å²) < 4.78 is 26.7. The van der Waals surface area contributed by atoms with E-state index in [4.69, 9.17) is 5.73 Å². The molecule has 4 rings (SSSR count). The SMILES string of the molecule is CCc1c[nH]c2ncnc(N3CC[C@](N)(CNC(=O)c4cc(F)cc(F)c4)C3)c12. The summed E-state index contributed by atoms with van der Waals surface area (Å²) in [5, 5.41) is 3.68. The van der Waals surface area contributed by atoms with Gasteiger partial charge < -0.3 is 20.9 Å². The third-order valence-electron chi connectivity index (χ3n) is 5.32. The molecule has 0 saturated carbocycles. The summed E-state index contributed by atoms with van der Waals surface area (Å²) in [6, 6.07) is 2.72. The minimum absolute atomic E-state index is 0.0710. The molecule has 1 amide bonds. The second kappa shape index (κ2) is 7.40. The molecule has 1 aliphatic rings. The van der Waals surface area contributed by atoms with Gasteiger partial charge in [0.05, 0.1) is 10.9 Å². The van der Waals surface area contributed by atoms with Crippen molar-refractivity contribution < 1.29 is 13.6 Å². The topological polar surface area (TPSA) is 99.9 Å². The average molecular weight is 400 g/mol. The van der Waals surface area contributed by atoms with Crippen molar-refractivity contribution in [3.8, 4) is 0 Å². The van der Waals surface area contributed by atoms with Crippen molar-refractivity contribution >= 4 is 22.8 Å². The smallest absolute Gasteiger partial charge is 0.251 e. The number of nitrogens with one attached hydrogen (secondary N) is 2. The lowest BCUT2D eigenvalue weighted by molar-refractivity contribution is 0.0944. The molecular weight excluding hydrogens is 378 g/mol. The van der Waals surface area contributed by atoms with Gasteiger partial charge in [-0.1, -0.05) is 6.92 Å². The molecule has 0 bridgehead atoms. The zero-order valence-corrected chi connectivity index (χ0v) is 16.0. The highest BCUT2D eigenvalue weighted by Crippen LogP contribution is 2.31. The normalized spacial score (nSPS) is 19.1. The summed E-state index contributed by atoms with van der Waals surface area (Å²) in [6.45, 7) is 3.43. The van der Waals surface area contributed by atoms with E-state index in [9.17, 15) is 13.6 Å². The van der Waals surface area contributed by atoms with Gasteiger partial charge in [-0.05, 0) is 30.5 Å². The van der Waals surface area contributed by atoms with Crippen molar-refractivity contribution in [1.82, 2.24) is 20.3 Å². The van der Waals surface area contributed by atoms with E-state index < -0.39 is 23.1 Å². The van der Waals surface area contributed by atoms with Crippen LogP contribution < -0.4 is 16.0 Å². The van der Waals surface area contributed by atoms with Gasteiger partial charge in [0.1, 0.15) is 29.4 Å². The Balaban J connectivity index is 1.48. The zero-order valence-electron chi connectivity index (χ0n) is 16.0. The van der Waals surface area contributed by atoms with Crippen LogP contribution in [0.5, 0.6) is 0 Å². The summed E-state index contributed by atoms with van der Waals surface area (Å²) in [5.74, 6) is -1.33. The number of amides is 1. The number of fused-ring (bicyclic) bond motifs is 1. The van der Waals surface area contributed by atoms with Gasteiger partial charge in [-0.3, -0.25) is 4.79 Å². The first-order valence-electron chi connectivity index (χ1n) is 9.47. The van der Waals surface area contributed by atoms with Crippen molar-refractivity contribution in [2.75, 3.05) is 24.5 Å². The number of anilines is 1. The van der Waals surface area contributed by atoms with Crippen LogP contribution in [0.3, 0.4) is 0 Å². The molecule has 9 heteroatoms. The molecule has 3 aromatic rings. The molecule has 0 unspecified atom stereocenters. The van der Waals surface area contributed by atoms with Gasteiger partial charge in [0.15, 0.2) is 0 Å². The van der Waals surface area contributed by atoms with Gasteiger partial charge >= 0.3 is 0 Å². The van der Waals surface area contributed by atoms with E-state index in [0.717, 1.165) is 47.0 Å². The molecule has 3 heterocycles. The molecule has 152 valence electrons. The Kier molecular flexibility index (Phi) is 4.91. The van der Waals surface area contributed by atoms with Crippen molar-refractivity contribution in [3.63, 3.8) is 0 Å². The number of aromatic amines is 1. The van der Waals surface area contributed by atoms with Crippen LogP contribution >= 0.6 is 0 Å². The second-order valence-corrected chi connectivity index (χ2v) is 7.46. The van der Waals surface area contributed by atoms with Gasteiger partial charge in [0.2, 0.25) is 0 Å². The average Bonchev–Trinajstić information content (AvgIpc) is 3.29. The first-order chi connectivity index (χ1) is 13.9. The summed E-state index contributed by atoms with van der Waals surface area (Å²) in [4.78, 5) is 26.3. The van der Waals surface area contributed by atoms with Crippen molar-refractivity contribution in [2.45, 2.75) is 25.3 Å². The number of aromatic nitrogens is 3. The number of benzene rings is 1. The van der Waals surface area contributed by atoms with Crippen LogP contribution in [0.2, 0.25) is 0 Å². The first kappa shape index (κ1) is 19.3. The molecule has 4 N–H and O–H groups in total. The molecule has 0 radical (unpaired) electrons. The van der Waals surface area contributed by atoms with E-state index in [2.05, 4.69) is 32.1 Å². The number of carbonyl (C=O) groups excluding carboxylic acids is 1. The molecule has 1 saturated heterocycles. The fourth-order valence-electron chi connectivity index (χ4n) is 3.79. The van der Waals surface area contributed by atoms with Crippen LogP contribution in [-0.4, -0.2) is 46.0 Å². The maximum absolute atomic E-state index is 13.3. The van der Waals surface area contributed by atoms with Crippen LogP contribution in [0.4, 0.5) is 14.6 Å². The Morgan fingerprint density at radius 1 is 1.31 bits per heavy atom. The summed E-state index contributed by atoms with van der Waals surface area (Å²) in [7, 11) is 0. The minimum Gasteiger partial charge on any atom is -0.354 e. The lowest BCUT2D eigenvalue weighted by Gasteiger charge is -2.25. The lowest BCUT2D eigenvalue weighted by atomic mass is 10.00. The van der Waals surface area contributed by atoms with Crippen molar-refractivity contribution in [3.05, 3.63) is 53.5 Å². The van der Waals surface area contributed by atoms with Crippen LogP contribution in [0, 0.1) is 11.6 Å². The number of rotatable bonds is 5. The zero-order chi connectivity index (χ0) is 20.6. The molecule has 0 aliphatic carbocycles. The first-order valence-corrected chi connectivity index (χ1v) is 9.47. The quantitative estimate of drug-likeness (QED) is 0.609. The van der Waals surface area contributed by atoms with Gasteiger partial charge in [0.25, 0.3) is 5.91 Å². The maximum atomic E-state index is 13.3. The van der Waals surface area contributed by atoms with Crippen LogP contribution in [0.15, 0.2) is 30.7 Å². The Morgan fingerprint density at radius 2 is 2.07 bits per heavy atom. The largest absolute Gasteiger partial charge is 0.354 e. The highest BCUT2D eigenvalue weighted by atomic mass is 19.1. The third-order valence-corrected chi connectivity index (χ3v) is 5.32. The molecular formula is C20H22F2N6O. The molecule has 0 spiro atoms. The van der Waals surface area contributed by atoms with Crippen LogP contribution in [-0.2, 0) is 6.42 Å². The van der Waals surface area contributed by atoms with Gasteiger partial charge in [-0.25, -0.2) is 18.7 Å². The number of nitrogens with zero attached hydrogens (tertiary/aromatic N) is 3. The number of aryl methyl sites for hydroxylation is 1. The number of halogens is 2. The van der Waals surface area contributed by atoms with Crippen molar-refractivity contribution in [2.24, 2.45) is 5.73 Å².